The molecular weight excluding hydrogens is 350 g/mol. The standard InChI is InChI=1S/C19H25N3O3S/c1-14-7-8-16(25-14)19-21-15(13-26-19)12-17(23)20-9-5-11-22-10-4-2-3-6-18(22)24/h7-8,13H,2-6,9-12H2,1H3,(H,20,23). The van der Waals surface area contributed by atoms with Gasteiger partial charge in [-0.15, -0.1) is 11.3 Å². The molecular formula is C19H25N3O3S. The van der Waals surface area contributed by atoms with Gasteiger partial charge in [-0.2, -0.15) is 0 Å². The smallest absolute Gasteiger partial charge is 0.226 e. The van der Waals surface area contributed by atoms with Crippen molar-refractivity contribution in [2.24, 2.45) is 0 Å². The Labute approximate surface area is 157 Å². The first kappa shape index (κ1) is 18.6. The van der Waals surface area contributed by atoms with Crippen molar-refractivity contribution in [3.8, 4) is 10.8 Å². The highest BCUT2D eigenvalue weighted by Crippen LogP contribution is 2.25. The number of likely N-dealkylation sites (tertiary alicyclic amines) is 1. The van der Waals surface area contributed by atoms with Gasteiger partial charge in [0.25, 0.3) is 0 Å². The van der Waals surface area contributed by atoms with Crippen molar-refractivity contribution < 1.29 is 14.0 Å². The third kappa shape index (κ3) is 5.17. The van der Waals surface area contributed by atoms with Crippen LogP contribution in [0.5, 0.6) is 0 Å². The van der Waals surface area contributed by atoms with E-state index in [1.807, 2.05) is 29.3 Å². The summed E-state index contributed by atoms with van der Waals surface area (Å²) in [6.07, 6.45) is 4.92. The first-order valence-corrected chi connectivity index (χ1v) is 10.1. The van der Waals surface area contributed by atoms with Crippen LogP contribution in [0.4, 0.5) is 0 Å². The minimum absolute atomic E-state index is 0.0420. The maximum absolute atomic E-state index is 12.1. The second-order valence-corrected chi connectivity index (χ2v) is 7.48. The Bertz CT molecular complexity index is 753. The van der Waals surface area contributed by atoms with Gasteiger partial charge < -0.3 is 14.6 Å². The molecule has 1 aliphatic rings. The van der Waals surface area contributed by atoms with Gasteiger partial charge in [0, 0.05) is 31.4 Å². The molecule has 26 heavy (non-hydrogen) atoms. The summed E-state index contributed by atoms with van der Waals surface area (Å²) in [7, 11) is 0. The van der Waals surface area contributed by atoms with E-state index in [2.05, 4.69) is 10.3 Å². The summed E-state index contributed by atoms with van der Waals surface area (Å²) in [5.74, 6) is 1.79. The summed E-state index contributed by atoms with van der Waals surface area (Å²) in [4.78, 5) is 30.4. The van der Waals surface area contributed by atoms with E-state index < -0.39 is 0 Å². The number of furan rings is 1. The Morgan fingerprint density at radius 3 is 3.04 bits per heavy atom. The number of thiazole rings is 1. The molecule has 2 aromatic heterocycles. The van der Waals surface area contributed by atoms with Crippen LogP contribution in [0.1, 0.15) is 43.6 Å². The number of nitrogens with one attached hydrogen (secondary N) is 1. The van der Waals surface area contributed by atoms with Crippen LogP contribution in [0, 0.1) is 6.92 Å². The van der Waals surface area contributed by atoms with Gasteiger partial charge in [0.05, 0.1) is 12.1 Å². The van der Waals surface area contributed by atoms with E-state index >= 15 is 0 Å². The normalized spacial score (nSPS) is 15.1. The zero-order valence-corrected chi connectivity index (χ0v) is 15.9. The molecule has 0 bridgehead atoms. The lowest BCUT2D eigenvalue weighted by molar-refractivity contribution is -0.130. The summed E-state index contributed by atoms with van der Waals surface area (Å²) in [5, 5.41) is 5.60. The SMILES string of the molecule is Cc1ccc(-c2nc(CC(=O)NCCCN3CCCCCC3=O)cs2)o1. The summed E-state index contributed by atoms with van der Waals surface area (Å²) < 4.78 is 5.56. The van der Waals surface area contributed by atoms with Crippen molar-refractivity contribution in [3.63, 3.8) is 0 Å². The maximum atomic E-state index is 12.1. The van der Waals surface area contributed by atoms with Crippen molar-refractivity contribution in [1.29, 1.82) is 0 Å². The Hall–Kier alpha value is -2.15. The molecule has 140 valence electrons. The van der Waals surface area contributed by atoms with Gasteiger partial charge in [-0.1, -0.05) is 6.42 Å². The lowest BCUT2D eigenvalue weighted by Crippen LogP contribution is -2.34. The number of aryl methyl sites for hydroxylation is 1. The number of carbonyl (C=O) groups excluding carboxylic acids is 2. The lowest BCUT2D eigenvalue weighted by atomic mass is 10.2. The highest BCUT2D eigenvalue weighted by atomic mass is 32.1. The van der Waals surface area contributed by atoms with Crippen LogP contribution in [0.2, 0.25) is 0 Å². The molecule has 1 fully saturated rings. The van der Waals surface area contributed by atoms with Gasteiger partial charge in [-0.3, -0.25) is 9.59 Å². The minimum atomic E-state index is -0.0420. The molecule has 0 saturated carbocycles. The van der Waals surface area contributed by atoms with Gasteiger partial charge in [0.1, 0.15) is 5.76 Å². The van der Waals surface area contributed by atoms with Gasteiger partial charge in [0.2, 0.25) is 11.8 Å². The summed E-state index contributed by atoms with van der Waals surface area (Å²) in [6.45, 7) is 4.04. The third-order valence-corrected chi connectivity index (χ3v) is 5.35. The molecule has 3 rings (SSSR count). The predicted molar refractivity (Wildman–Crippen MR) is 101 cm³/mol. The third-order valence-electron chi connectivity index (χ3n) is 4.44. The Morgan fingerprint density at radius 1 is 1.35 bits per heavy atom. The molecule has 1 N–H and O–H groups in total. The van der Waals surface area contributed by atoms with Gasteiger partial charge in [-0.05, 0) is 38.3 Å². The van der Waals surface area contributed by atoms with E-state index in [4.69, 9.17) is 4.42 Å². The highest BCUT2D eigenvalue weighted by Gasteiger charge is 2.16. The van der Waals surface area contributed by atoms with Crippen molar-refractivity contribution in [2.75, 3.05) is 19.6 Å². The fourth-order valence-electron chi connectivity index (χ4n) is 3.05. The quantitative estimate of drug-likeness (QED) is 0.754. The number of hydrogen-bond donors (Lipinski definition) is 1. The molecule has 1 aliphatic heterocycles. The second kappa shape index (κ2) is 8.98. The van der Waals surface area contributed by atoms with E-state index in [1.165, 1.54) is 11.3 Å². The van der Waals surface area contributed by atoms with Crippen LogP contribution in [-0.4, -0.2) is 41.3 Å². The zero-order chi connectivity index (χ0) is 18.4. The minimum Gasteiger partial charge on any atom is -0.459 e. The number of amides is 2. The molecule has 7 heteroatoms. The van der Waals surface area contributed by atoms with Gasteiger partial charge in [0.15, 0.2) is 10.8 Å². The monoisotopic (exact) mass is 375 g/mol. The van der Waals surface area contributed by atoms with Crippen LogP contribution in [0.3, 0.4) is 0 Å². The van der Waals surface area contributed by atoms with E-state index in [0.29, 0.717) is 13.0 Å². The Kier molecular flexibility index (Phi) is 6.44. The maximum Gasteiger partial charge on any atom is 0.226 e. The number of nitrogens with zero attached hydrogens (tertiary/aromatic N) is 2. The largest absolute Gasteiger partial charge is 0.459 e. The molecule has 3 heterocycles. The van der Waals surface area contributed by atoms with Crippen LogP contribution in [-0.2, 0) is 16.0 Å². The predicted octanol–water partition coefficient (Wildman–Crippen LogP) is 3.16. The molecule has 2 aromatic rings. The van der Waals surface area contributed by atoms with Crippen molar-refractivity contribution in [2.45, 2.75) is 45.4 Å². The van der Waals surface area contributed by atoms with Crippen LogP contribution in [0.15, 0.2) is 21.9 Å². The van der Waals surface area contributed by atoms with Crippen LogP contribution in [0.25, 0.3) is 10.8 Å². The molecule has 6 nitrogen and oxygen atoms in total. The number of hydrogen-bond acceptors (Lipinski definition) is 5. The van der Waals surface area contributed by atoms with Crippen LogP contribution < -0.4 is 5.32 Å². The second-order valence-electron chi connectivity index (χ2n) is 6.63. The molecule has 2 amide bonds. The van der Waals surface area contributed by atoms with E-state index in [-0.39, 0.29) is 18.2 Å². The lowest BCUT2D eigenvalue weighted by Gasteiger charge is -2.20. The fourth-order valence-corrected chi connectivity index (χ4v) is 3.83. The molecule has 0 unspecified atom stereocenters. The summed E-state index contributed by atoms with van der Waals surface area (Å²) in [5.41, 5.74) is 0.749. The fraction of sp³-hybridized carbons (Fsp3) is 0.526. The molecule has 0 atom stereocenters. The highest BCUT2D eigenvalue weighted by molar-refractivity contribution is 7.13. The molecule has 1 saturated heterocycles. The van der Waals surface area contributed by atoms with Gasteiger partial charge >= 0.3 is 0 Å². The molecule has 0 aliphatic carbocycles. The topological polar surface area (TPSA) is 75.4 Å². The van der Waals surface area contributed by atoms with Crippen molar-refractivity contribution in [1.82, 2.24) is 15.2 Å². The number of rotatable bonds is 7. The van der Waals surface area contributed by atoms with E-state index in [1.54, 1.807) is 0 Å². The first-order valence-electron chi connectivity index (χ1n) is 9.17. The van der Waals surface area contributed by atoms with Crippen molar-refractivity contribution in [3.05, 3.63) is 29.0 Å². The van der Waals surface area contributed by atoms with E-state index in [0.717, 1.165) is 61.0 Å². The van der Waals surface area contributed by atoms with Crippen LogP contribution >= 0.6 is 11.3 Å². The average molecular weight is 375 g/mol. The zero-order valence-electron chi connectivity index (χ0n) is 15.1. The number of carbonyl (C=O) groups is 2. The van der Waals surface area contributed by atoms with E-state index in [9.17, 15) is 9.59 Å². The summed E-state index contributed by atoms with van der Waals surface area (Å²) >= 11 is 1.48. The van der Waals surface area contributed by atoms with Crippen molar-refractivity contribution >= 4 is 23.2 Å². The summed E-state index contributed by atoms with van der Waals surface area (Å²) in [6, 6.07) is 3.79. The Morgan fingerprint density at radius 2 is 2.23 bits per heavy atom. The van der Waals surface area contributed by atoms with Gasteiger partial charge in [-0.25, -0.2) is 4.98 Å². The average Bonchev–Trinajstić information content (AvgIpc) is 3.19. The molecule has 0 aromatic carbocycles. The molecule has 0 spiro atoms. The molecule has 0 radical (unpaired) electrons. The Balaban J connectivity index is 1.39. The first-order chi connectivity index (χ1) is 12.6. The number of aromatic nitrogens is 1.